The molecule has 0 spiro atoms. The molecule has 8 nitrogen and oxygen atoms in total. The Morgan fingerprint density at radius 3 is 2.89 bits per heavy atom. The highest BCUT2D eigenvalue weighted by atomic mass is 16.5. The smallest absolute Gasteiger partial charge is 0.265 e. The van der Waals surface area contributed by atoms with E-state index in [2.05, 4.69) is 15.0 Å². The fourth-order valence-corrected chi connectivity index (χ4v) is 3.23. The lowest BCUT2D eigenvalue weighted by Crippen LogP contribution is -2.41. The number of rotatable bonds is 4. The molecule has 0 radical (unpaired) electrons. The molecule has 0 atom stereocenters. The highest BCUT2D eigenvalue weighted by Crippen LogP contribution is 2.38. The van der Waals surface area contributed by atoms with E-state index in [4.69, 9.17) is 16.2 Å². The zero-order chi connectivity index (χ0) is 19.0. The van der Waals surface area contributed by atoms with Crippen LogP contribution in [0.25, 0.3) is 22.5 Å². The topological polar surface area (TPSA) is 123 Å². The Hall–Kier alpha value is -3.39. The number of amides is 1. The van der Waals surface area contributed by atoms with Gasteiger partial charge in [-0.15, -0.1) is 0 Å². The van der Waals surface area contributed by atoms with Crippen LogP contribution in [0.1, 0.15) is 5.69 Å². The summed E-state index contributed by atoms with van der Waals surface area (Å²) in [5.74, 6) is 0.853. The molecule has 0 fully saturated rings. The third-order valence-corrected chi connectivity index (χ3v) is 4.44. The van der Waals surface area contributed by atoms with Crippen molar-refractivity contribution in [1.82, 2.24) is 15.0 Å². The van der Waals surface area contributed by atoms with E-state index in [1.165, 1.54) is 0 Å². The van der Waals surface area contributed by atoms with E-state index in [0.29, 0.717) is 36.2 Å². The van der Waals surface area contributed by atoms with Crippen LogP contribution in [0.15, 0.2) is 36.5 Å². The first-order chi connectivity index (χ1) is 13.1. The van der Waals surface area contributed by atoms with Crippen LogP contribution in [0.2, 0.25) is 0 Å². The van der Waals surface area contributed by atoms with E-state index in [0.717, 1.165) is 22.5 Å². The minimum atomic E-state index is -0.114. The normalized spacial score (nSPS) is 13.4. The Balaban J connectivity index is 1.83. The van der Waals surface area contributed by atoms with Gasteiger partial charge in [-0.05, 0) is 37.3 Å². The summed E-state index contributed by atoms with van der Waals surface area (Å²) in [6.07, 6.45) is 1.74. The Morgan fingerprint density at radius 1 is 1.26 bits per heavy atom. The summed E-state index contributed by atoms with van der Waals surface area (Å²) in [6.45, 7) is 2.74. The Labute approximate surface area is 156 Å². The lowest BCUT2D eigenvalue weighted by molar-refractivity contribution is -0.121. The number of carbonyl (C=O) groups is 1. The van der Waals surface area contributed by atoms with Crippen LogP contribution in [-0.2, 0) is 4.79 Å². The SMILES string of the molecule is Cc1cc(-c2[nH]c(N)nc2-c2ccc3c(c2)N(CCN)C(=O)CO3)ccn1. The standard InChI is InChI=1S/C19H20N6O2/c1-11-8-13(4-6-22-11)18-17(23-19(21)24-18)12-2-3-15-14(9-12)25(7-5-20)16(26)10-27-15/h2-4,6,8-9H,5,7,10,20H2,1H3,(H3,21,23,24). The summed E-state index contributed by atoms with van der Waals surface area (Å²) in [6, 6.07) is 9.49. The molecule has 0 saturated heterocycles. The molecule has 4 rings (SSSR count). The van der Waals surface area contributed by atoms with Crippen molar-refractivity contribution in [1.29, 1.82) is 0 Å². The van der Waals surface area contributed by atoms with Gasteiger partial charge in [0.2, 0.25) is 0 Å². The van der Waals surface area contributed by atoms with Crippen molar-refractivity contribution in [2.24, 2.45) is 5.73 Å². The van der Waals surface area contributed by atoms with Gasteiger partial charge in [-0.25, -0.2) is 4.98 Å². The van der Waals surface area contributed by atoms with Crippen LogP contribution in [-0.4, -0.2) is 40.6 Å². The summed E-state index contributed by atoms with van der Waals surface area (Å²) in [4.78, 5) is 25.7. The van der Waals surface area contributed by atoms with Crippen molar-refractivity contribution < 1.29 is 9.53 Å². The van der Waals surface area contributed by atoms with Gasteiger partial charge in [-0.2, -0.15) is 0 Å². The molecule has 0 unspecified atom stereocenters. The van der Waals surface area contributed by atoms with Crippen LogP contribution in [0, 0.1) is 6.92 Å². The number of imidazole rings is 1. The van der Waals surface area contributed by atoms with Crippen molar-refractivity contribution in [3.8, 4) is 28.3 Å². The highest BCUT2D eigenvalue weighted by Gasteiger charge is 2.26. The van der Waals surface area contributed by atoms with Crippen LogP contribution in [0.3, 0.4) is 0 Å². The Kier molecular flexibility index (Phi) is 4.25. The Bertz CT molecular complexity index is 1010. The molecule has 1 aromatic carbocycles. The molecule has 138 valence electrons. The van der Waals surface area contributed by atoms with Crippen molar-refractivity contribution in [2.45, 2.75) is 6.92 Å². The number of nitrogens with one attached hydrogen (secondary N) is 1. The summed E-state index contributed by atoms with van der Waals surface area (Å²) in [5, 5.41) is 0. The third-order valence-electron chi connectivity index (χ3n) is 4.44. The molecule has 3 heterocycles. The molecule has 0 saturated carbocycles. The van der Waals surface area contributed by atoms with E-state index in [1.807, 2.05) is 37.3 Å². The zero-order valence-electron chi connectivity index (χ0n) is 14.9. The number of pyridine rings is 1. The molecule has 3 aromatic rings. The maximum absolute atomic E-state index is 12.2. The molecule has 8 heteroatoms. The van der Waals surface area contributed by atoms with E-state index in [9.17, 15) is 4.79 Å². The number of H-pyrrole nitrogens is 1. The number of hydrogen-bond donors (Lipinski definition) is 3. The van der Waals surface area contributed by atoms with Gasteiger partial charge in [0.25, 0.3) is 5.91 Å². The maximum atomic E-state index is 12.2. The number of nitrogen functional groups attached to an aromatic ring is 1. The Morgan fingerprint density at radius 2 is 2.11 bits per heavy atom. The molecule has 1 amide bonds. The second-order valence-electron chi connectivity index (χ2n) is 6.34. The fraction of sp³-hybridized carbons (Fsp3) is 0.211. The second-order valence-corrected chi connectivity index (χ2v) is 6.34. The molecule has 1 aliphatic heterocycles. The highest BCUT2D eigenvalue weighted by molar-refractivity contribution is 5.99. The predicted octanol–water partition coefficient (Wildman–Crippen LogP) is 1.71. The number of nitrogens with zero attached hydrogens (tertiary/aromatic N) is 3. The molecule has 5 N–H and O–H groups in total. The van der Waals surface area contributed by atoms with Crippen molar-refractivity contribution in [3.05, 3.63) is 42.2 Å². The van der Waals surface area contributed by atoms with E-state index < -0.39 is 0 Å². The van der Waals surface area contributed by atoms with Gasteiger partial charge in [-0.1, -0.05) is 0 Å². The number of nitrogens with two attached hydrogens (primary N) is 2. The number of hydrogen-bond acceptors (Lipinski definition) is 6. The zero-order valence-corrected chi connectivity index (χ0v) is 14.9. The van der Waals surface area contributed by atoms with Gasteiger partial charge >= 0.3 is 0 Å². The average molecular weight is 364 g/mol. The van der Waals surface area contributed by atoms with Gasteiger partial charge < -0.3 is 26.1 Å². The van der Waals surface area contributed by atoms with Crippen LogP contribution in [0.4, 0.5) is 11.6 Å². The largest absolute Gasteiger partial charge is 0.482 e. The predicted molar refractivity (Wildman–Crippen MR) is 103 cm³/mol. The maximum Gasteiger partial charge on any atom is 0.265 e. The summed E-state index contributed by atoms with van der Waals surface area (Å²) >= 11 is 0. The number of aromatic nitrogens is 3. The van der Waals surface area contributed by atoms with E-state index in [-0.39, 0.29) is 12.5 Å². The van der Waals surface area contributed by atoms with Crippen LogP contribution < -0.4 is 21.1 Å². The number of aromatic amines is 1. The molecular weight excluding hydrogens is 344 g/mol. The molecule has 1 aliphatic rings. The first kappa shape index (κ1) is 17.0. The van der Waals surface area contributed by atoms with Gasteiger partial charge in [0.15, 0.2) is 12.6 Å². The summed E-state index contributed by atoms with van der Waals surface area (Å²) in [7, 11) is 0. The van der Waals surface area contributed by atoms with E-state index >= 15 is 0 Å². The minimum absolute atomic E-state index is 0.0171. The van der Waals surface area contributed by atoms with Crippen LogP contribution in [0.5, 0.6) is 5.75 Å². The second kappa shape index (κ2) is 6.73. The van der Waals surface area contributed by atoms with Gasteiger partial charge in [0.1, 0.15) is 5.75 Å². The van der Waals surface area contributed by atoms with Gasteiger partial charge in [-0.3, -0.25) is 9.78 Å². The quantitative estimate of drug-likeness (QED) is 0.648. The van der Waals surface area contributed by atoms with E-state index in [1.54, 1.807) is 11.1 Å². The number of ether oxygens (including phenoxy) is 1. The number of benzene rings is 1. The molecule has 2 aromatic heterocycles. The average Bonchev–Trinajstić information content (AvgIpc) is 3.05. The lowest BCUT2D eigenvalue weighted by atomic mass is 10.0. The minimum Gasteiger partial charge on any atom is -0.482 e. The molecule has 0 aliphatic carbocycles. The summed E-state index contributed by atoms with van der Waals surface area (Å²) in [5.41, 5.74) is 16.5. The fourth-order valence-electron chi connectivity index (χ4n) is 3.23. The van der Waals surface area contributed by atoms with Gasteiger partial charge in [0.05, 0.1) is 17.1 Å². The number of anilines is 2. The number of aryl methyl sites for hydroxylation is 1. The summed E-state index contributed by atoms with van der Waals surface area (Å²) < 4.78 is 5.55. The van der Waals surface area contributed by atoms with Crippen molar-refractivity contribution in [2.75, 3.05) is 30.3 Å². The first-order valence-corrected chi connectivity index (χ1v) is 8.63. The molecule has 0 bridgehead atoms. The number of fused-ring (bicyclic) bond motifs is 1. The lowest BCUT2D eigenvalue weighted by Gasteiger charge is -2.29. The first-order valence-electron chi connectivity index (χ1n) is 8.63. The monoisotopic (exact) mass is 364 g/mol. The number of carbonyl (C=O) groups excluding carboxylic acids is 1. The third kappa shape index (κ3) is 3.11. The van der Waals surface area contributed by atoms with Crippen molar-refractivity contribution in [3.63, 3.8) is 0 Å². The van der Waals surface area contributed by atoms with Gasteiger partial charge in [0, 0.05) is 36.1 Å². The van der Waals surface area contributed by atoms with Crippen LogP contribution >= 0.6 is 0 Å². The molecule has 27 heavy (non-hydrogen) atoms. The van der Waals surface area contributed by atoms with Crippen molar-refractivity contribution >= 4 is 17.5 Å². The molecular formula is C19H20N6O2.